The van der Waals surface area contributed by atoms with Gasteiger partial charge in [0.25, 0.3) is 0 Å². The Balaban J connectivity index is 1.35. The molecule has 138 valence electrons. The van der Waals surface area contributed by atoms with E-state index in [9.17, 15) is 9.59 Å². The molecule has 0 radical (unpaired) electrons. The predicted molar refractivity (Wildman–Crippen MR) is 96.2 cm³/mol. The van der Waals surface area contributed by atoms with Gasteiger partial charge in [0, 0.05) is 24.9 Å². The highest BCUT2D eigenvalue weighted by Gasteiger charge is 2.32. The van der Waals surface area contributed by atoms with Crippen molar-refractivity contribution < 1.29 is 9.59 Å². The largest absolute Gasteiger partial charge is 0.354 e. The number of hydrogen-bond acceptors (Lipinski definition) is 4. The number of rotatable bonds is 7. The number of nitrogens with one attached hydrogen (secondary N) is 4. The van der Waals surface area contributed by atoms with Gasteiger partial charge in [-0.15, -0.1) is 0 Å². The highest BCUT2D eigenvalue weighted by atomic mass is 16.2. The molecule has 2 aliphatic carbocycles. The highest BCUT2D eigenvalue weighted by molar-refractivity contribution is 5.91. The van der Waals surface area contributed by atoms with Crippen molar-refractivity contribution >= 4 is 17.6 Å². The standard InChI is InChI=1S/C18H29N5O2/c1-12(24)20-15-7-14(8-15)16-9-17(23-22-16)21-18(25)11-19-10-13-5-3-2-4-6-13/h9,13-15,19H,2-8,10-11H2,1H3,(H,20,24)(H2,21,22,23,25)/t14-,15+. The highest BCUT2D eigenvalue weighted by Crippen LogP contribution is 2.36. The maximum Gasteiger partial charge on any atom is 0.239 e. The molecule has 1 aromatic heterocycles. The Morgan fingerprint density at radius 3 is 2.72 bits per heavy atom. The maximum absolute atomic E-state index is 12.0. The number of anilines is 1. The fourth-order valence-electron chi connectivity index (χ4n) is 3.85. The second-order valence-electron chi connectivity index (χ2n) is 7.46. The van der Waals surface area contributed by atoms with Gasteiger partial charge in [-0.2, -0.15) is 5.10 Å². The normalized spacial score (nSPS) is 23.7. The number of aromatic nitrogens is 2. The molecule has 2 fully saturated rings. The Labute approximate surface area is 148 Å². The fourth-order valence-corrected chi connectivity index (χ4v) is 3.85. The van der Waals surface area contributed by atoms with Crippen molar-refractivity contribution in [2.75, 3.05) is 18.4 Å². The van der Waals surface area contributed by atoms with E-state index in [2.05, 4.69) is 26.1 Å². The lowest BCUT2D eigenvalue weighted by Crippen LogP contribution is -2.42. The summed E-state index contributed by atoms with van der Waals surface area (Å²) in [5.41, 5.74) is 0.951. The van der Waals surface area contributed by atoms with Crippen molar-refractivity contribution in [3.8, 4) is 0 Å². The SMILES string of the molecule is CC(=O)N[C@H]1C[C@@H](c2cc(NC(=O)CNCC3CCCCC3)[nH]n2)C1. The van der Waals surface area contributed by atoms with Gasteiger partial charge in [0.15, 0.2) is 0 Å². The van der Waals surface area contributed by atoms with Crippen LogP contribution >= 0.6 is 0 Å². The van der Waals surface area contributed by atoms with E-state index in [0.29, 0.717) is 18.3 Å². The first-order valence-electron chi connectivity index (χ1n) is 9.43. The molecule has 2 saturated carbocycles. The summed E-state index contributed by atoms with van der Waals surface area (Å²) < 4.78 is 0. The second kappa shape index (κ2) is 8.47. The van der Waals surface area contributed by atoms with E-state index in [1.165, 1.54) is 39.0 Å². The Bertz CT molecular complexity index is 588. The monoisotopic (exact) mass is 347 g/mol. The molecule has 25 heavy (non-hydrogen) atoms. The predicted octanol–water partition coefficient (Wildman–Crippen LogP) is 1.90. The number of amides is 2. The summed E-state index contributed by atoms with van der Waals surface area (Å²) in [4.78, 5) is 23.0. The van der Waals surface area contributed by atoms with Crippen LogP contribution in [0.5, 0.6) is 0 Å². The molecule has 1 heterocycles. The van der Waals surface area contributed by atoms with E-state index in [1.54, 1.807) is 0 Å². The topological polar surface area (TPSA) is 98.9 Å². The average molecular weight is 347 g/mol. The van der Waals surface area contributed by atoms with Crippen molar-refractivity contribution in [1.29, 1.82) is 0 Å². The van der Waals surface area contributed by atoms with Crippen molar-refractivity contribution in [3.05, 3.63) is 11.8 Å². The van der Waals surface area contributed by atoms with Gasteiger partial charge in [-0.25, -0.2) is 0 Å². The molecule has 0 unspecified atom stereocenters. The smallest absolute Gasteiger partial charge is 0.239 e. The summed E-state index contributed by atoms with van der Waals surface area (Å²) >= 11 is 0. The summed E-state index contributed by atoms with van der Waals surface area (Å²) in [6.45, 7) is 2.80. The molecule has 2 aliphatic rings. The first kappa shape index (κ1) is 17.9. The fraction of sp³-hybridized carbons (Fsp3) is 0.722. The molecular formula is C18H29N5O2. The minimum Gasteiger partial charge on any atom is -0.354 e. The van der Waals surface area contributed by atoms with Crippen molar-refractivity contribution in [2.24, 2.45) is 5.92 Å². The van der Waals surface area contributed by atoms with E-state index in [-0.39, 0.29) is 17.9 Å². The molecule has 4 N–H and O–H groups in total. The van der Waals surface area contributed by atoms with Crippen molar-refractivity contribution in [2.45, 2.75) is 63.8 Å². The average Bonchev–Trinajstić information content (AvgIpc) is 2.99. The minimum atomic E-state index is -0.0456. The molecule has 7 nitrogen and oxygen atoms in total. The Kier molecular flexibility index (Phi) is 6.07. The van der Waals surface area contributed by atoms with Gasteiger partial charge in [0.05, 0.1) is 12.2 Å². The van der Waals surface area contributed by atoms with Crippen LogP contribution in [0.1, 0.15) is 63.5 Å². The number of aromatic amines is 1. The molecule has 0 aliphatic heterocycles. The maximum atomic E-state index is 12.0. The quantitative estimate of drug-likeness (QED) is 0.605. The van der Waals surface area contributed by atoms with Gasteiger partial charge in [0.1, 0.15) is 5.82 Å². The van der Waals surface area contributed by atoms with Gasteiger partial charge < -0.3 is 16.0 Å². The Hall–Kier alpha value is -1.89. The number of H-pyrrole nitrogens is 1. The van der Waals surface area contributed by atoms with Crippen LogP contribution in [0.25, 0.3) is 0 Å². The summed E-state index contributed by atoms with van der Waals surface area (Å²) in [6.07, 6.45) is 8.35. The second-order valence-corrected chi connectivity index (χ2v) is 7.46. The molecule has 3 rings (SSSR count). The minimum absolute atomic E-state index is 0.0131. The van der Waals surface area contributed by atoms with E-state index < -0.39 is 0 Å². The summed E-state index contributed by atoms with van der Waals surface area (Å²) in [7, 11) is 0. The van der Waals surface area contributed by atoms with Gasteiger partial charge in [0.2, 0.25) is 11.8 Å². The van der Waals surface area contributed by atoms with Crippen molar-refractivity contribution in [1.82, 2.24) is 20.8 Å². The van der Waals surface area contributed by atoms with Crippen LogP contribution in [-0.2, 0) is 9.59 Å². The van der Waals surface area contributed by atoms with E-state index in [0.717, 1.165) is 31.0 Å². The van der Waals surface area contributed by atoms with Crippen LogP contribution in [0.3, 0.4) is 0 Å². The zero-order valence-corrected chi connectivity index (χ0v) is 14.9. The summed E-state index contributed by atoms with van der Waals surface area (Å²) in [6, 6.07) is 2.15. The number of hydrogen-bond donors (Lipinski definition) is 4. The molecule has 0 aromatic carbocycles. The molecule has 1 aromatic rings. The lowest BCUT2D eigenvalue weighted by atomic mass is 9.78. The van der Waals surface area contributed by atoms with Crippen LogP contribution in [0.4, 0.5) is 5.82 Å². The molecule has 0 atom stereocenters. The zero-order chi connectivity index (χ0) is 17.6. The first-order valence-corrected chi connectivity index (χ1v) is 9.43. The van der Waals surface area contributed by atoms with Crippen LogP contribution < -0.4 is 16.0 Å². The van der Waals surface area contributed by atoms with Gasteiger partial charge in [-0.1, -0.05) is 19.3 Å². The Morgan fingerprint density at radius 2 is 2.00 bits per heavy atom. The van der Waals surface area contributed by atoms with E-state index in [1.807, 2.05) is 6.07 Å². The molecule has 0 saturated heterocycles. The number of carbonyl (C=O) groups excluding carboxylic acids is 2. The van der Waals surface area contributed by atoms with Gasteiger partial charge in [-0.05, 0) is 38.1 Å². The van der Waals surface area contributed by atoms with Crippen LogP contribution in [0.2, 0.25) is 0 Å². The number of carbonyl (C=O) groups is 2. The van der Waals surface area contributed by atoms with Crippen LogP contribution in [0.15, 0.2) is 6.07 Å². The number of nitrogens with zero attached hydrogens (tertiary/aromatic N) is 1. The van der Waals surface area contributed by atoms with Crippen LogP contribution in [0, 0.1) is 5.92 Å². The van der Waals surface area contributed by atoms with Crippen molar-refractivity contribution in [3.63, 3.8) is 0 Å². The third-order valence-electron chi connectivity index (χ3n) is 5.28. The lowest BCUT2D eigenvalue weighted by molar-refractivity contribution is -0.120. The summed E-state index contributed by atoms with van der Waals surface area (Å²) in [5, 5.41) is 16.2. The van der Waals surface area contributed by atoms with Crippen LogP contribution in [-0.4, -0.2) is 41.1 Å². The molecule has 2 amide bonds. The van der Waals surface area contributed by atoms with E-state index in [4.69, 9.17) is 0 Å². The first-order chi connectivity index (χ1) is 12.1. The zero-order valence-electron chi connectivity index (χ0n) is 14.9. The third kappa shape index (κ3) is 5.29. The van der Waals surface area contributed by atoms with E-state index >= 15 is 0 Å². The molecule has 0 bridgehead atoms. The lowest BCUT2D eigenvalue weighted by Gasteiger charge is -2.34. The third-order valence-corrected chi connectivity index (χ3v) is 5.28. The van der Waals surface area contributed by atoms with Gasteiger partial charge >= 0.3 is 0 Å². The molecule has 0 spiro atoms. The van der Waals surface area contributed by atoms with Gasteiger partial charge in [-0.3, -0.25) is 14.7 Å². The molecule has 7 heteroatoms. The molecular weight excluding hydrogens is 318 g/mol. The Morgan fingerprint density at radius 1 is 1.24 bits per heavy atom. The summed E-state index contributed by atoms with van der Waals surface area (Å²) in [5.74, 6) is 1.68.